The molecule has 5 heteroatoms. The molecule has 0 aliphatic rings. The van der Waals surface area contributed by atoms with E-state index >= 15 is 0 Å². The standard InChI is InChI=1S/C13H17BrN2O2/c1-4-17-15-10(3)13(16-18-5-2)11-6-8-12(14)9-7-11/h6-9H,4-5H2,1-3H3/b15-10+,16-13-. The van der Waals surface area contributed by atoms with E-state index in [0.29, 0.717) is 24.6 Å². The summed E-state index contributed by atoms with van der Waals surface area (Å²) in [6.45, 7) is 6.66. The molecule has 1 aromatic rings. The van der Waals surface area contributed by atoms with Crippen LogP contribution in [0.4, 0.5) is 0 Å². The summed E-state index contributed by atoms with van der Waals surface area (Å²) in [6, 6.07) is 7.80. The quantitative estimate of drug-likeness (QED) is 0.595. The molecule has 0 radical (unpaired) electrons. The summed E-state index contributed by atoms with van der Waals surface area (Å²) in [7, 11) is 0. The van der Waals surface area contributed by atoms with Crippen LogP contribution < -0.4 is 0 Å². The smallest absolute Gasteiger partial charge is 0.134 e. The highest BCUT2D eigenvalue weighted by Gasteiger charge is 2.09. The van der Waals surface area contributed by atoms with Gasteiger partial charge in [-0.2, -0.15) is 0 Å². The largest absolute Gasteiger partial charge is 0.396 e. The van der Waals surface area contributed by atoms with Crippen LogP contribution in [0.1, 0.15) is 26.3 Å². The maximum absolute atomic E-state index is 5.12. The Morgan fingerprint density at radius 3 is 2.17 bits per heavy atom. The molecule has 1 rings (SSSR count). The van der Waals surface area contributed by atoms with E-state index in [1.54, 1.807) is 0 Å². The van der Waals surface area contributed by atoms with Gasteiger partial charge < -0.3 is 9.68 Å². The fourth-order valence-electron chi connectivity index (χ4n) is 1.27. The second kappa shape index (κ2) is 7.87. The van der Waals surface area contributed by atoms with Gasteiger partial charge in [0.05, 0.1) is 0 Å². The van der Waals surface area contributed by atoms with Gasteiger partial charge in [0, 0.05) is 10.0 Å². The van der Waals surface area contributed by atoms with Gasteiger partial charge in [0.2, 0.25) is 0 Å². The van der Waals surface area contributed by atoms with Crippen molar-refractivity contribution < 1.29 is 9.68 Å². The molecule has 0 aliphatic carbocycles. The third kappa shape index (κ3) is 4.49. The molecule has 0 saturated heterocycles. The van der Waals surface area contributed by atoms with Crippen molar-refractivity contribution in [3.63, 3.8) is 0 Å². The molecule has 18 heavy (non-hydrogen) atoms. The molecule has 4 nitrogen and oxygen atoms in total. The van der Waals surface area contributed by atoms with Crippen LogP contribution in [-0.2, 0) is 9.68 Å². The van der Waals surface area contributed by atoms with E-state index in [1.165, 1.54) is 0 Å². The van der Waals surface area contributed by atoms with E-state index in [0.717, 1.165) is 10.0 Å². The van der Waals surface area contributed by atoms with Gasteiger partial charge in [-0.1, -0.05) is 38.4 Å². The molecule has 0 aromatic heterocycles. The molecule has 1 aromatic carbocycles. The summed E-state index contributed by atoms with van der Waals surface area (Å²) in [5, 5.41) is 8.07. The maximum Gasteiger partial charge on any atom is 0.134 e. The first-order chi connectivity index (χ1) is 8.69. The average Bonchev–Trinajstić information content (AvgIpc) is 2.38. The number of benzene rings is 1. The van der Waals surface area contributed by atoms with E-state index in [9.17, 15) is 0 Å². The van der Waals surface area contributed by atoms with Gasteiger partial charge in [0.1, 0.15) is 24.6 Å². The molecule has 0 atom stereocenters. The van der Waals surface area contributed by atoms with Gasteiger partial charge in [0.25, 0.3) is 0 Å². The zero-order valence-electron chi connectivity index (χ0n) is 10.8. The van der Waals surface area contributed by atoms with Gasteiger partial charge in [-0.3, -0.25) is 0 Å². The number of nitrogens with zero attached hydrogens (tertiary/aromatic N) is 2. The molecule has 0 unspecified atom stereocenters. The predicted octanol–water partition coefficient (Wildman–Crippen LogP) is 3.60. The first kappa shape index (κ1) is 14.7. The summed E-state index contributed by atoms with van der Waals surface area (Å²) >= 11 is 3.40. The third-order valence-corrected chi connectivity index (χ3v) is 2.60. The van der Waals surface area contributed by atoms with Gasteiger partial charge in [-0.25, -0.2) is 0 Å². The van der Waals surface area contributed by atoms with Crippen LogP contribution in [0.2, 0.25) is 0 Å². The van der Waals surface area contributed by atoms with Crippen molar-refractivity contribution >= 4 is 27.4 Å². The van der Waals surface area contributed by atoms with E-state index in [2.05, 4.69) is 26.2 Å². The highest BCUT2D eigenvalue weighted by Crippen LogP contribution is 2.12. The first-order valence-electron chi connectivity index (χ1n) is 5.81. The fourth-order valence-corrected chi connectivity index (χ4v) is 1.53. The first-order valence-corrected chi connectivity index (χ1v) is 6.61. The lowest BCUT2D eigenvalue weighted by molar-refractivity contribution is 0.155. The minimum Gasteiger partial charge on any atom is -0.396 e. The monoisotopic (exact) mass is 312 g/mol. The third-order valence-electron chi connectivity index (χ3n) is 2.08. The lowest BCUT2D eigenvalue weighted by Gasteiger charge is -2.06. The van der Waals surface area contributed by atoms with Crippen LogP contribution in [0, 0.1) is 0 Å². The van der Waals surface area contributed by atoms with Crippen LogP contribution in [0.15, 0.2) is 39.0 Å². The van der Waals surface area contributed by atoms with Crippen molar-refractivity contribution in [2.45, 2.75) is 20.8 Å². The molecule has 0 amide bonds. The van der Waals surface area contributed by atoms with Crippen molar-refractivity contribution in [1.29, 1.82) is 0 Å². The number of hydrogen-bond donors (Lipinski definition) is 0. The highest BCUT2D eigenvalue weighted by atomic mass is 79.9. The van der Waals surface area contributed by atoms with E-state index < -0.39 is 0 Å². The number of halogens is 1. The van der Waals surface area contributed by atoms with E-state index in [4.69, 9.17) is 9.68 Å². The molecule has 0 spiro atoms. The van der Waals surface area contributed by atoms with Crippen LogP contribution >= 0.6 is 15.9 Å². The molecule has 0 heterocycles. The average molecular weight is 313 g/mol. The zero-order valence-corrected chi connectivity index (χ0v) is 12.4. The summed E-state index contributed by atoms with van der Waals surface area (Å²) in [6.07, 6.45) is 0. The highest BCUT2D eigenvalue weighted by molar-refractivity contribution is 9.10. The van der Waals surface area contributed by atoms with E-state index in [1.807, 2.05) is 45.0 Å². The second-order valence-electron chi connectivity index (χ2n) is 3.46. The maximum atomic E-state index is 5.12. The predicted molar refractivity (Wildman–Crippen MR) is 77.0 cm³/mol. The Bertz CT molecular complexity index is 427. The Labute approximate surface area is 116 Å². The zero-order chi connectivity index (χ0) is 13.4. The van der Waals surface area contributed by atoms with Gasteiger partial charge in [0.15, 0.2) is 0 Å². The van der Waals surface area contributed by atoms with Crippen molar-refractivity contribution in [3.8, 4) is 0 Å². The normalized spacial score (nSPS) is 12.4. The van der Waals surface area contributed by atoms with Crippen LogP contribution in [0.25, 0.3) is 0 Å². The van der Waals surface area contributed by atoms with Gasteiger partial charge in [-0.05, 0) is 32.9 Å². The minimum atomic E-state index is 0.516. The van der Waals surface area contributed by atoms with Gasteiger partial charge >= 0.3 is 0 Å². The Morgan fingerprint density at radius 1 is 1.06 bits per heavy atom. The topological polar surface area (TPSA) is 43.2 Å². The summed E-state index contributed by atoms with van der Waals surface area (Å²) in [5.74, 6) is 0. The number of hydrogen-bond acceptors (Lipinski definition) is 4. The minimum absolute atomic E-state index is 0.516. The second-order valence-corrected chi connectivity index (χ2v) is 4.37. The van der Waals surface area contributed by atoms with Crippen molar-refractivity contribution in [2.24, 2.45) is 10.3 Å². The number of oxime groups is 2. The van der Waals surface area contributed by atoms with Crippen molar-refractivity contribution in [3.05, 3.63) is 34.3 Å². The lowest BCUT2D eigenvalue weighted by Crippen LogP contribution is -2.13. The Hall–Kier alpha value is -1.36. The van der Waals surface area contributed by atoms with Crippen LogP contribution in [-0.4, -0.2) is 24.6 Å². The Morgan fingerprint density at radius 2 is 1.61 bits per heavy atom. The molecule has 0 saturated carbocycles. The van der Waals surface area contributed by atoms with Crippen molar-refractivity contribution in [2.75, 3.05) is 13.2 Å². The lowest BCUT2D eigenvalue weighted by atomic mass is 10.1. The van der Waals surface area contributed by atoms with E-state index in [-0.39, 0.29) is 0 Å². The molecular formula is C13H17BrN2O2. The molecule has 0 fully saturated rings. The van der Waals surface area contributed by atoms with Crippen LogP contribution in [0.3, 0.4) is 0 Å². The Balaban J connectivity index is 3.01. The van der Waals surface area contributed by atoms with Crippen molar-refractivity contribution in [1.82, 2.24) is 0 Å². The molecule has 98 valence electrons. The Kier molecular flexibility index (Phi) is 6.43. The van der Waals surface area contributed by atoms with Gasteiger partial charge in [-0.15, -0.1) is 0 Å². The summed E-state index contributed by atoms with van der Waals surface area (Å²) in [4.78, 5) is 10.2. The fraction of sp³-hybridized carbons (Fsp3) is 0.385. The van der Waals surface area contributed by atoms with Crippen LogP contribution in [0.5, 0.6) is 0 Å². The number of rotatable bonds is 6. The molecule has 0 aliphatic heterocycles. The molecule has 0 bridgehead atoms. The molecule has 0 N–H and O–H groups in total. The summed E-state index contributed by atoms with van der Waals surface area (Å²) in [5.41, 5.74) is 2.30. The SMILES string of the molecule is CCO/N=C(C)/C(=N/OCC)c1ccc(Br)cc1. The molecular weight excluding hydrogens is 296 g/mol. The summed E-state index contributed by atoms with van der Waals surface area (Å²) < 4.78 is 1.02.